The van der Waals surface area contributed by atoms with Crippen molar-refractivity contribution in [3.63, 3.8) is 0 Å². The summed E-state index contributed by atoms with van der Waals surface area (Å²) in [6.07, 6.45) is -0.170. The Balaban J connectivity index is 4.22. The molecule has 0 aliphatic carbocycles. The highest BCUT2D eigenvalue weighted by Crippen LogP contribution is 2.09. The van der Waals surface area contributed by atoms with E-state index in [4.69, 9.17) is 4.74 Å². The molecule has 0 spiro atoms. The fraction of sp³-hybridized carbons (Fsp3) is 0.667. The SMILES string of the molecule is C=C(C)C(=O)OC(CC)CCS(=O)(=O)OF. The predicted molar refractivity (Wildman–Crippen MR) is 55.6 cm³/mol. The molecule has 0 N–H and O–H groups in total. The van der Waals surface area contributed by atoms with Gasteiger partial charge in [0.1, 0.15) is 6.10 Å². The monoisotopic (exact) mass is 254 g/mol. The smallest absolute Gasteiger partial charge is 0.333 e. The van der Waals surface area contributed by atoms with Gasteiger partial charge in [-0.2, -0.15) is 8.42 Å². The molecule has 0 aliphatic rings. The Morgan fingerprint density at radius 1 is 1.50 bits per heavy atom. The number of hydrogen-bond acceptors (Lipinski definition) is 5. The van der Waals surface area contributed by atoms with Crippen molar-refractivity contribution in [3.05, 3.63) is 12.2 Å². The minimum atomic E-state index is -4.16. The number of carbonyl (C=O) groups is 1. The minimum Gasteiger partial charge on any atom is -0.459 e. The van der Waals surface area contributed by atoms with Crippen molar-refractivity contribution in [3.8, 4) is 0 Å². The van der Waals surface area contributed by atoms with E-state index in [0.717, 1.165) is 0 Å². The zero-order chi connectivity index (χ0) is 12.8. The molecule has 5 nitrogen and oxygen atoms in total. The van der Waals surface area contributed by atoms with Gasteiger partial charge in [-0.25, -0.2) is 4.79 Å². The first-order valence-electron chi connectivity index (χ1n) is 4.71. The average molecular weight is 254 g/mol. The largest absolute Gasteiger partial charge is 0.459 e. The van der Waals surface area contributed by atoms with Crippen LogP contribution in [0.15, 0.2) is 12.2 Å². The van der Waals surface area contributed by atoms with Gasteiger partial charge in [-0.05, 0) is 17.9 Å². The van der Waals surface area contributed by atoms with Gasteiger partial charge in [0.25, 0.3) is 10.1 Å². The van der Waals surface area contributed by atoms with Gasteiger partial charge in [0, 0.05) is 12.0 Å². The van der Waals surface area contributed by atoms with Crippen LogP contribution in [0, 0.1) is 0 Å². The van der Waals surface area contributed by atoms with Gasteiger partial charge in [-0.1, -0.05) is 17.9 Å². The van der Waals surface area contributed by atoms with Crippen LogP contribution in [-0.2, 0) is 24.0 Å². The molecule has 16 heavy (non-hydrogen) atoms. The standard InChI is InChI=1S/C9H15FO5S/c1-4-8(14-9(11)7(2)3)5-6-16(12,13)15-10/h8H,2,4-6H2,1,3H3. The van der Waals surface area contributed by atoms with Gasteiger partial charge in [-0.15, -0.1) is 0 Å². The first-order chi connectivity index (χ1) is 7.32. The summed E-state index contributed by atoms with van der Waals surface area (Å²) in [6, 6.07) is 0. The van der Waals surface area contributed by atoms with Crippen molar-refractivity contribution < 1.29 is 26.9 Å². The van der Waals surface area contributed by atoms with Gasteiger partial charge in [0.15, 0.2) is 0 Å². The fourth-order valence-corrected chi connectivity index (χ4v) is 1.52. The van der Waals surface area contributed by atoms with Crippen LogP contribution >= 0.6 is 0 Å². The molecule has 0 fully saturated rings. The molecule has 0 rings (SSSR count). The fourth-order valence-electron chi connectivity index (χ4n) is 0.906. The lowest BCUT2D eigenvalue weighted by atomic mass is 10.2. The highest BCUT2D eigenvalue weighted by atomic mass is 32.2. The molecule has 0 aromatic carbocycles. The number of ether oxygens (including phenoxy) is 1. The second kappa shape index (κ2) is 6.59. The third-order valence-corrected chi connectivity index (χ3v) is 2.79. The molecule has 0 saturated carbocycles. The van der Waals surface area contributed by atoms with E-state index in [1.165, 1.54) is 6.92 Å². The molecule has 0 bridgehead atoms. The molecule has 1 atom stereocenters. The predicted octanol–water partition coefficient (Wildman–Crippen LogP) is 1.51. The van der Waals surface area contributed by atoms with E-state index in [1.54, 1.807) is 6.92 Å². The van der Waals surface area contributed by atoms with E-state index in [2.05, 4.69) is 11.0 Å². The summed E-state index contributed by atoms with van der Waals surface area (Å²) in [5, 5.41) is 0. The van der Waals surface area contributed by atoms with Gasteiger partial charge < -0.3 is 4.74 Å². The van der Waals surface area contributed by atoms with Crippen molar-refractivity contribution in [2.24, 2.45) is 0 Å². The van der Waals surface area contributed by atoms with Crippen LogP contribution in [0.5, 0.6) is 0 Å². The zero-order valence-corrected chi connectivity index (χ0v) is 10.0. The quantitative estimate of drug-likeness (QED) is 0.508. The summed E-state index contributed by atoms with van der Waals surface area (Å²) >= 11 is 0. The van der Waals surface area contributed by atoms with Crippen LogP contribution in [0.25, 0.3) is 0 Å². The van der Waals surface area contributed by atoms with Crippen molar-refractivity contribution in [2.75, 3.05) is 5.75 Å². The second-order valence-corrected chi connectivity index (χ2v) is 4.98. The number of rotatable bonds is 7. The van der Waals surface area contributed by atoms with Crippen LogP contribution in [0.1, 0.15) is 26.7 Å². The van der Waals surface area contributed by atoms with Crippen LogP contribution in [0.3, 0.4) is 0 Å². The lowest BCUT2D eigenvalue weighted by Gasteiger charge is -2.15. The van der Waals surface area contributed by atoms with E-state index >= 15 is 0 Å². The zero-order valence-electron chi connectivity index (χ0n) is 9.23. The Bertz CT molecular complexity index is 349. The maximum Gasteiger partial charge on any atom is 0.333 e. The van der Waals surface area contributed by atoms with Gasteiger partial charge in [0.05, 0.1) is 5.75 Å². The van der Waals surface area contributed by atoms with Crippen LogP contribution in [-0.4, -0.2) is 26.2 Å². The molecular formula is C9H15FO5S. The Morgan fingerprint density at radius 3 is 2.44 bits per heavy atom. The van der Waals surface area contributed by atoms with Crippen LogP contribution < -0.4 is 0 Å². The summed E-state index contributed by atoms with van der Waals surface area (Å²) in [5.41, 5.74) is 0.225. The maximum atomic E-state index is 11.5. The molecule has 0 aromatic heterocycles. The molecule has 0 saturated heterocycles. The van der Waals surface area contributed by atoms with E-state index in [1.807, 2.05) is 0 Å². The summed E-state index contributed by atoms with van der Waals surface area (Å²) < 4.78 is 40.6. The Kier molecular flexibility index (Phi) is 6.20. The van der Waals surface area contributed by atoms with Crippen molar-refractivity contribution in [1.82, 2.24) is 0 Å². The summed E-state index contributed by atoms with van der Waals surface area (Å²) in [7, 11) is -4.16. The molecule has 0 aromatic rings. The van der Waals surface area contributed by atoms with Crippen molar-refractivity contribution >= 4 is 16.1 Å². The average Bonchev–Trinajstić information content (AvgIpc) is 2.23. The number of halogens is 1. The Morgan fingerprint density at radius 2 is 2.06 bits per heavy atom. The molecular weight excluding hydrogens is 239 g/mol. The number of carbonyl (C=O) groups excluding carboxylic acids is 1. The molecule has 0 radical (unpaired) electrons. The highest BCUT2D eigenvalue weighted by molar-refractivity contribution is 7.86. The topological polar surface area (TPSA) is 69.7 Å². The van der Waals surface area contributed by atoms with Crippen LogP contribution in [0.2, 0.25) is 0 Å². The third kappa shape index (κ3) is 5.82. The summed E-state index contributed by atoms with van der Waals surface area (Å²) in [5.74, 6) is -1.13. The van der Waals surface area contributed by atoms with E-state index < -0.39 is 27.9 Å². The minimum absolute atomic E-state index is 0.0121. The number of esters is 1. The van der Waals surface area contributed by atoms with Gasteiger partial charge >= 0.3 is 5.97 Å². The molecule has 94 valence electrons. The third-order valence-electron chi connectivity index (χ3n) is 1.86. The molecule has 1 unspecified atom stereocenters. The van der Waals surface area contributed by atoms with E-state index in [-0.39, 0.29) is 12.0 Å². The van der Waals surface area contributed by atoms with E-state index in [9.17, 15) is 17.7 Å². The summed E-state index contributed by atoms with van der Waals surface area (Å²) in [4.78, 5) is 11.1. The highest BCUT2D eigenvalue weighted by Gasteiger charge is 2.18. The Labute approximate surface area is 94.3 Å². The molecule has 0 heterocycles. The van der Waals surface area contributed by atoms with Crippen molar-refractivity contribution in [2.45, 2.75) is 32.8 Å². The van der Waals surface area contributed by atoms with Crippen molar-refractivity contribution in [1.29, 1.82) is 0 Å². The van der Waals surface area contributed by atoms with Gasteiger partial charge in [0.2, 0.25) is 0 Å². The molecule has 7 heteroatoms. The van der Waals surface area contributed by atoms with E-state index in [0.29, 0.717) is 6.42 Å². The lowest BCUT2D eigenvalue weighted by Crippen LogP contribution is -2.21. The first kappa shape index (κ1) is 15.0. The number of hydrogen-bond donors (Lipinski definition) is 0. The Hall–Kier alpha value is -0.950. The van der Waals surface area contributed by atoms with Crippen LogP contribution in [0.4, 0.5) is 4.53 Å². The van der Waals surface area contributed by atoms with Gasteiger partial charge in [-0.3, -0.25) is 0 Å². The summed E-state index contributed by atoms with van der Waals surface area (Å²) in [6.45, 7) is 6.59. The second-order valence-electron chi connectivity index (χ2n) is 3.33. The molecule has 0 aliphatic heterocycles. The first-order valence-corrected chi connectivity index (χ1v) is 6.29. The lowest BCUT2D eigenvalue weighted by molar-refractivity contribution is -0.144. The molecule has 0 amide bonds. The maximum absolute atomic E-state index is 11.5. The normalized spacial score (nSPS) is 13.2.